The number of nitrogens with one attached hydrogen (secondary N) is 1. The van der Waals surface area contributed by atoms with Gasteiger partial charge in [-0.05, 0) is 12.1 Å². The smallest absolute Gasteiger partial charge is 0.257 e. The number of ether oxygens (including phenoxy) is 1. The molecule has 3 rings (SSSR count). The van der Waals surface area contributed by atoms with E-state index in [-0.39, 0.29) is 5.91 Å². The largest absolute Gasteiger partial charge is 0.365 e. The monoisotopic (exact) mass is 291 g/mol. The van der Waals surface area contributed by atoms with Crippen molar-refractivity contribution in [2.45, 2.75) is 6.10 Å². The molecule has 3 heterocycles. The number of hydrogen-bond donors (Lipinski definition) is 1. The molecule has 7 nitrogen and oxygen atoms in total. The van der Waals surface area contributed by atoms with Gasteiger partial charge in [-0.25, -0.2) is 4.98 Å². The second-order valence-electron chi connectivity index (χ2n) is 4.23. The van der Waals surface area contributed by atoms with E-state index in [1.807, 2.05) is 23.1 Å². The molecule has 0 aliphatic carbocycles. The molecular weight excluding hydrogens is 278 g/mol. The van der Waals surface area contributed by atoms with Crippen LogP contribution in [-0.4, -0.2) is 46.9 Å². The molecular formula is C12H13N5O2S. The molecule has 0 aromatic carbocycles. The van der Waals surface area contributed by atoms with Crippen molar-refractivity contribution >= 4 is 28.2 Å². The average Bonchev–Trinajstić information content (AvgIpc) is 3.01. The Hall–Kier alpha value is -2.06. The van der Waals surface area contributed by atoms with Crippen LogP contribution in [0.4, 0.5) is 10.9 Å². The predicted molar refractivity (Wildman–Crippen MR) is 74.7 cm³/mol. The van der Waals surface area contributed by atoms with Gasteiger partial charge < -0.3 is 9.64 Å². The van der Waals surface area contributed by atoms with Crippen molar-refractivity contribution in [3.8, 4) is 0 Å². The fourth-order valence-electron chi connectivity index (χ4n) is 1.97. The Kier molecular flexibility index (Phi) is 3.84. The summed E-state index contributed by atoms with van der Waals surface area (Å²) in [5, 5.41) is 10.6. The van der Waals surface area contributed by atoms with E-state index in [0.717, 1.165) is 12.4 Å². The Bertz CT molecular complexity index is 562. The van der Waals surface area contributed by atoms with Gasteiger partial charge in [0.05, 0.1) is 13.2 Å². The SMILES string of the molecule is O=C(Nc1nncs1)[C@H]1CN(c2ccccn2)CCO1. The summed E-state index contributed by atoms with van der Waals surface area (Å²) < 4.78 is 5.52. The maximum absolute atomic E-state index is 12.1. The lowest BCUT2D eigenvalue weighted by molar-refractivity contribution is -0.128. The Labute approximate surface area is 119 Å². The number of morpholine rings is 1. The molecule has 1 fully saturated rings. The number of aromatic nitrogens is 3. The van der Waals surface area contributed by atoms with Gasteiger partial charge in [-0.2, -0.15) is 0 Å². The van der Waals surface area contributed by atoms with E-state index in [4.69, 9.17) is 4.74 Å². The van der Waals surface area contributed by atoms with E-state index in [0.29, 0.717) is 18.3 Å². The minimum Gasteiger partial charge on any atom is -0.365 e. The van der Waals surface area contributed by atoms with Crippen LogP contribution >= 0.6 is 11.3 Å². The number of carbonyl (C=O) groups is 1. The molecule has 0 bridgehead atoms. The standard InChI is InChI=1S/C12H13N5O2S/c18-11(15-12-16-14-8-20-12)9-7-17(5-6-19-9)10-3-1-2-4-13-10/h1-4,8-9H,5-7H2,(H,15,16,18)/t9-/m1/s1. The van der Waals surface area contributed by atoms with Crippen LogP contribution in [0.5, 0.6) is 0 Å². The molecule has 2 aromatic rings. The van der Waals surface area contributed by atoms with Gasteiger partial charge in [0.25, 0.3) is 5.91 Å². The minimum absolute atomic E-state index is 0.206. The van der Waals surface area contributed by atoms with Gasteiger partial charge in [0.2, 0.25) is 5.13 Å². The second kappa shape index (κ2) is 5.93. The summed E-state index contributed by atoms with van der Waals surface area (Å²) in [7, 11) is 0. The summed E-state index contributed by atoms with van der Waals surface area (Å²) in [4.78, 5) is 18.4. The van der Waals surface area contributed by atoms with Crippen LogP contribution in [0.2, 0.25) is 0 Å². The van der Waals surface area contributed by atoms with Crippen LogP contribution in [-0.2, 0) is 9.53 Å². The zero-order chi connectivity index (χ0) is 13.8. The van der Waals surface area contributed by atoms with E-state index in [1.165, 1.54) is 11.3 Å². The zero-order valence-electron chi connectivity index (χ0n) is 10.6. The van der Waals surface area contributed by atoms with Crippen LogP contribution in [0, 0.1) is 0 Å². The van der Waals surface area contributed by atoms with Crippen LogP contribution in [0.15, 0.2) is 29.9 Å². The van der Waals surface area contributed by atoms with Gasteiger partial charge in [0.15, 0.2) is 6.10 Å². The third-order valence-electron chi connectivity index (χ3n) is 2.92. The number of carbonyl (C=O) groups excluding carboxylic acids is 1. The lowest BCUT2D eigenvalue weighted by Crippen LogP contribution is -2.48. The molecule has 1 amide bonds. The Morgan fingerprint density at radius 1 is 1.50 bits per heavy atom. The van der Waals surface area contributed by atoms with Crippen molar-refractivity contribution < 1.29 is 9.53 Å². The number of amides is 1. The maximum atomic E-state index is 12.1. The van der Waals surface area contributed by atoms with E-state index >= 15 is 0 Å². The highest BCUT2D eigenvalue weighted by molar-refractivity contribution is 7.13. The lowest BCUT2D eigenvalue weighted by Gasteiger charge is -2.32. The first-order valence-corrected chi connectivity index (χ1v) is 7.05. The fraction of sp³-hybridized carbons (Fsp3) is 0.333. The van der Waals surface area contributed by atoms with E-state index in [9.17, 15) is 4.79 Å². The first-order valence-electron chi connectivity index (χ1n) is 6.17. The van der Waals surface area contributed by atoms with Gasteiger partial charge in [0, 0.05) is 12.7 Å². The van der Waals surface area contributed by atoms with Gasteiger partial charge in [0.1, 0.15) is 11.3 Å². The first kappa shape index (κ1) is 12.9. The topological polar surface area (TPSA) is 80.2 Å². The van der Waals surface area contributed by atoms with Crippen LogP contribution < -0.4 is 10.2 Å². The molecule has 0 radical (unpaired) electrons. The number of nitrogens with zero attached hydrogens (tertiary/aromatic N) is 4. The average molecular weight is 291 g/mol. The third kappa shape index (κ3) is 2.91. The summed E-state index contributed by atoms with van der Waals surface area (Å²) in [5.41, 5.74) is 1.57. The Balaban J connectivity index is 1.64. The highest BCUT2D eigenvalue weighted by Gasteiger charge is 2.27. The molecule has 1 saturated heterocycles. The zero-order valence-corrected chi connectivity index (χ0v) is 11.4. The second-order valence-corrected chi connectivity index (χ2v) is 5.06. The molecule has 104 valence electrons. The van der Waals surface area contributed by atoms with Crippen molar-refractivity contribution in [1.29, 1.82) is 0 Å². The van der Waals surface area contributed by atoms with Crippen molar-refractivity contribution in [3.63, 3.8) is 0 Å². The molecule has 1 atom stereocenters. The number of anilines is 2. The lowest BCUT2D eigenvalue weighted by atomic mass is 10.2. The van der Waals surface area contributed by atoms with Gasteiger partial charge in [-0.3, -0.25) is 10.1 Å². The molecule has 20 heavy (non-hydrogen) atoms. The molecule has 1 N–H and O–H groups in total. The first-order chi connectivity index (χ1) is 9.83. The molecule has 0 unspecified atom stereocenters. The van der Waals surface area contributed by atoms with Gasteiger partial charge in [-0.1, -0.05) is 17.4 Å². The maximum Gasteiger partial charge on any atom is 0.257 e. The quantitative estimate of drug-likeness (QED) is 0.900. The summed E-state index contributed by atoms with van der Waals surface area (Å²) in [6.45, 7) is 1.69. The van der Waals surface area contributed by atoms with Crippen LogP contribution in [0.3, 0.4) is 0 Å². The van der Waals surface area contributed by atoms with Gasteiger partial charge in [-0.15, -0.1) is 10.2 Å². The third-order valence-corrected chi connectivity index (χ3v) is 3.53. The number of pyridine rings is 1. The van der Waals surface area contributed by atoms with Crippen LogP contribution in [0.1, 0.15) is 0 Å². The number of hydrogen-bond acceptors (Lipinski definition) is 7. The summed E-state index contributed by atoms with van der Waals surface area (Å²) in [6.07, 6.45) is 1.20. The molecule has 8 heteroatoms. The van der Waals surface area contributed by atoms with E-state index in [2.05, 4.69) is 20.5 Å². The molecule has 2 aromatic heterocycles. The van der Waals surface area contributed by atoms with E-state index < -0.39 is 6.10 Å². The molecule has 1 aliphatic heterocycles. The molecule has 1 aliphatic rings. The highest BCUT2D eigenvalue weighted by atomic mass is 32.1. The van der Waals surface area contributed by atoms with Crippen molar-refractivity contribution in [2.24, 2.45) is 0 Å². The molecule has 0 saturated carbocycles. The van der Waals surface area contributed by atoms with Crippen LogP contribution in [0.25, 0.3) is 0 Å². The normalized spacial score (nSPS) is 18.8. The predicted octanol–water partition coefficient (Wildman–Crippen LogP) is 0.777. The van der Waals surface area contributed by atoms with Crippen molar-refractivity contribution in [1.82, 2.24) is 15.2 Å². The summed E-state index contributed by atoms with van der Waals surface area (Å²) in [5.74, 6) is 0.645. The van der Waals surface area contributed by atoms with Crippen molar-refractivity contribution in [3.05, 3.63) is 29.9 Å². The minimum atomic E-state index is -0.533. The Morgan fingerprint density at radius 2 is 2.45 bits per heavy atom. The van der Waals surface area contributed by atoms with Crippen molar-refractivity contribution in [2.75, 3.05) is 29.9 Å². The molecule has 0 spiro atoms. The Morgan fingerprint density at radius 3 is 3.20 bits per heavy atom. The van der Waals surface area contributed by atoms with E-state index in [1.54, 1.807) is 11.7 Å². The van der Waals surface area contributed by atoms with Gasteiger partial charge >= 0.3 is 0 Å². The highest BCUT2D eigenvalue weighted by Crippen LogP contribution is 2.16. The number of rotatable bonds is 3. The summed E-state index contributed by atoms with van der Waals surface area (Å²) in [6, 6.07) is 5.71. The summed E-state index contributed by atoms with van der Waals surface area (Å²) >= 11 is 1.28. The fourth-order valence-corrected chi connectivity index (χ4v) is 2.42.